The number of nitrogens with one attached hydrogen (secondary N) is 1. The molecule has 5 nitrogen and oxygen atoms in total. The molecular formula is C19H22FN3O2. The van der Waals surface area contributed by atoms with Crippen LogP contribution in [0.2, 0.25) is 0 Å². The van der Waals surface area contributed by atoms with Crippen molar-refractivity contribution >= 4 is 11.8 Å². The number of rotatable bonds is 4. The highest BCUT2D eigenvalue weighted by Gasteiger charge is 2.26. The third-order valence-corrected chi connectivity index (χ3v) is 4.62. The second-order valence-electron chi connectivity index (χ2n) is 6.44. The van der Waals surface area contributed by atoms with Crippen molar-refractivity contribution in [2.75, 3.05) is 13.6 Å². The van der Waals surface area contributed by atoms with Gasteiger partial charge in [-0.25, -0.2) is 4.39 Å². The van der Waals surface area contributed by atoms with Crippen molar-refractivity contribution in [3.05, 3.63) is 59.7 Å². The molecule has 1 aliphatic rings. The normalized spacial score (nSPS) is 16.9. The highest BCUT2D eigenvalue weighted by Crippen LogP contribution is 2.21. The second-order valence-corrected chi connectivity index (χ2v) is 6.44. The van der Waals surface area contributed by atoms with E-state index in [0.29, 0.717) is 31.6 Å². The van der Waals surface area contributed by atoms with Crippen molar-refractivity contribution in [1.82, 2.24) is 14.8 Å². The fourth-order valence-corrected chi connectivity index (χ4v) is 3.28. The first-order valence-electron chi connectivity index (χ1n) is 8.42. The molecule has 2 amide bonds. The Hall–Kier alpha value is -2.63. The summed E-state index contributed by atoms with van der Waals surface area (Å²) in [6.07, 6.45) is 2.36. The van der Waals surface area contributed by atoms with Crippen LogP contribution in [-0.4, -0.2) is 34.9 Å². The average molecular weight is 343 g/mol. The van der Waals surface area contributed by atoms with E-state index in [2.05, 4.69) is 9.88 Å². The molecular weight excluding hydrogens is 321 g/mol. The Bertz CT molecular complexity index is 772. The van der Waals surface area contributed by atoms with Crippen LogP contribution in [0.15, 0.2) is 42.6 Å². The van der Waals surface area contributed by atoms with Crippen LogP contribution in [0, 0.1) is 11.7 Å². The number of fused-ring (bicyclic) bond motifs is 1. The maximum Gasteiger partial charge on any atom is 0.227 e. The van der Waals surface area contributed by atoms with Gasteiger partial charge >= 0.3 is 0 Å². The Labute approximate surface area is 146 Å². The summed E-state index contributed by atoms with van der Waals surface area (Å²) in [4.78, 5) is 26.3. The molecule has 0 unspecified atom stereocenters. The highest BCUT2D eigenvalue weighted by atomic mass is 19.1. The third-order valence-electron chi connectivity index (χ3n) is 4.62. The van der Waals surface area contributed by atoms with E-state index in [1.807, 2.05) is 18.3 Å². The van der Waals surface area contributed by atoms with Gasteiger partial charge in [-0.3, -0.25) is 9.59 Å². The van der Waals surface area contributed by atoms with Gasteiger partial charge in [0.05, 0.1) is 13.0 Å². The molecule has 0 fully saturated rings. The van der Waals surface area contributed by atoms with Crippen LogP contribution < -0.4 is 5.32 Å². The number of hydrogen-bond acceptors (Lipinski definition) is 2. The van der Waals surface area contributed by atoms with E-state index < -0.39 is 0 Å². The van der Waals surface area contributed by atoms with E-state index in [-0.39, 0.29) is 30.0 Å². The van der Waals surface area contributed by atoms with Crippen LogP contribution in [0.3, 0.4) is 0 Å². The Morgan fingerprint density at radius 1 is 1.20 bits per heavy atom. The van der Waals surface area contributed by atoms with Gasteiger partial charge in [-0.1, -0.05) is 18.2 Å². The highest BCUT2D eigenvalue weighted by molar-refractivity contribution is 5.79. The minimum atomic E-state index is -0.365. The molecule has 0 saturated heterocycles. The zero-order valence-corrected chi connectivity index (χ0v) is 14.2. The third kappa shape index (κ3) is 4.07. The van der Waals surface area contributed by atoms with Crippen molar-refractivity contribution in [3.63, 3.8) is 0 Å². The fourth-order valence-electron chi connectivity index (χ4n) is 3.28. The molecule has 2 aromatic rings. The molecule has 0 radical (unpaired) electrons. The Balaban J connectivity index is 1.78. The molecule has 0 aliphatic carbocycles. The number of hydrogen-bond donors (Lipinski definition) is 1. The smallest absolute Gasteiger partial charge is 0.227 e. The largest absolute Gasteiger partial charge is 0.359 e. The molecule has 1 N–H and O–H groups in total. The second kappa shape index (κ2) is 7.51. The molecule has 0 saturated carbocycles. The molecule has 6 heteroatoms. The number of carbonyl (C=O) groups is 2. The maximum atomic E-state index is 13.9. The van der Waals surface area contributed by atoms with Crippen LogP contribution in [0.25, 0.3) is 0 Å². The predicted octanol–water partition coefficient (Wildman–Crippen LogP) is 1.96. The number of carbonyl (C=O) groups excluding carboxylic acids is 2. The lowest BCUT2D eigenvalue weighted by atomic mass is 10.0. The lowest BCUT2D eigenvalue weighted by molar-refractivity contribution is -0.132. The summed E-state index contributed by atoms with van der Waals surface area (Å²) in [6, 6.07) is 10.3. The summed E-state index contributed by atoms with van der Waals surface area (Å²) in [5.41, 5.74) is 1.43. The van der Waals surface area contributed by atoms with Gasteiger partial charge in [0.25, 0.3) is 0 Å². The number of halogens is 1. The van der Waals surface area contributed by atoms with Crippen LogP contribution in [0.5, 0.6) is 0 Å². The lowest BCUT2D eigenvalue weighted by Gasteiger charge is -2.24. The number of nitrogens with zero attached hydrogens (tertiary/aromatic N) is 2. The first-order valence-corrected chi connectivity index (χ1v) is 8.42. The molecule has 1 aliphatic heterocycles. The van der Waals surface area contributed by atoms with Crippen LogP contribution in [0.4, 0.5) is 4.39 Å². The molecule has 1 atom stereocenters. The standard InChI is InChI=1S/C19H22FN3O2/c1-21-18(24)9-14-11-22-8-4-6-16(22)13-23(12-14)19(25)10-15-5-2-3-7-17(15)20/h2-8,14H,9-13H2,1H3,(H,21,24)/t14-/m1/s1. The Morgan fingerprint density at radius 3 is 2.76 bits per heavy atom. The van der Waals surface area contributed by atoms with E-state index in [0.717, 1.165) is 5.69 Å². The van der Waals surface area contributed by atoms with Gasteiger partial charge < -0.3 is 14.8 Å². The van der Waals surface area contributed by atoms with Crippen LogP contribution in [0.1, 0.15) is 17.7 Å². The summed E-state index contributed by atoms with van der Waals surface area (Å²) in [7, 11) is 1.61. The topological polar surface area (TPSA) is 54.3 Å². The number of amides is 2. The van der Waals surface area contributed by atoms with E-state index in [9.17, 15) is 14.0 Å². The molecule has 1 aromatic carbocycles. The van der Waals surface area contributed by atoms with Crippen molar-refractivity contribution in [3.8, 4) is 0 Å². The van der Waals surface area contributed by atoms with Gasteiger partial charge in [0.2, 0.25) is 11.8 Å². The van der Waals surface area contributed by atoms with E-state index >= 15 is 0 Å². The van der Waals surface area contributed by atoms with E-state index in [4.69, 9.17) is 0 Å². The van der Waals surface area contributed by atoms with Gasteiger partial charge in [-0.2, -0.15) is 0 Å². The summed E-state index contributed by atoms with van der Waals surface area (Å²) in [5, 5.41) is 2.64. The van der Waals surface area contributed by atoms with Gasteiger partial charge in [0, 0.05) is 44.4 Å². The molecule has 25 heavy (non-hydrogen) atoms. The summed E-state index contributed by atoms with van der Waals surface area (Å²) >= 11 is 0. The zero-order valence-electron chi connectivity index (χ0n) is 14.2. The molecule has 1 aromatic heterocycles. The summed E-state index contributed by atoms with van der Waals surface area (Å²) in [5.74, 6) is -0.502. The molecule has 0 spiro atoms. The average Bonchev–Trinajstić information content (AvgIpc) is 2.95. The number of aromatic nitrogens is 1. The molecule has 132 valence electrons. The molecule has 3 rings (SSSR count). The summed E-state index contributed by atoms with van der Waals surface area (Å²) in [6.45, 7) is 1.66. The first kappa shape index (κ1) is 17.2. The van der Waals surface area contributed by atoms with Gasteiger partial charge in [-0.05, 0) is 23.8 Å². The van der Waals surface area contributed by atoms with Crippen LogP contribution >= 0.6 is 0 Å². The minimum absolute atomic E-state index is 0.0261. The number of benzene rings is 1. The van der Waals surface area contributed by atoms with Crippen molar-refractivity contribution < 1.29 is 14.0 Å². The minimum Gasteiger partial charge on any atom is -0.359 e. The monoisotopic (exact) mass is 343 g/mol. The lowest BCUT2D eigenvalue weighted by Crippen LogP contribution is -2.36. The molecule has 2 heterocycles. The predicted molar refractivity (Wildman–Crippen MR) is 92.1 cm³/mol. The van der Waals surface area contributed by atoms with Gasteiger partial charge in [-0.15, -0.1) is 0 Å². The first-order chi connectivity index (χ1) is 12.1. The van der Waals surface area contributed by atoms with E-state index in [1.165, 1.54) is 6.07 Å². The quantitative estimate of drug-likeness (QED) is 0.923. The summed E-state index contributed by atoms with van der Waals surface area (Å²) < 4.78 is 15.9. The van der Waals surface area contributed by atoms with Crippen molar-refractivity contribution in [1.29, 1.82) is 0 Å². The Kier molecular flexibility index (Phi) is 5.16. The van der Waals surface area contributed by atoms with Crippen molar-refractivity contribution in [2.24, 2.45) is 5.92 Å². The zero-order chi connectivity index (χ0) is 17.8. The molecule has 0 bridgehead atoms. The van der Waals surface area contributed by atoms with Crippen LogP contribution in [-0.2, 0) is 29.1 Å². The van der Waals surface area contributed by atoms with Gasteiger partial charge in [0.15, 0.2) is 0 Å². The maximum absolute atomic E-state index is 13.9. The Morgan fingerprint density at radius 2 is 2.00 bits per heavy atom. The van der Waals surface area contributed by atoms with Crippen molar-refractivity contribution in [2.45, 2.75) is 25.9 Å². The van der Waals surface area contributed by atoms with E-state index in [1.54, 1.807) is 30.1 Å². The van der Waals surface area contributed by atoms with Gasteiger partial charge in [0.1, 0.15) is 5.82 Å². The SMILES string of the molecule is CNC(=O)C[C@H]1CN(C(=O)Cc2ccccc2F)Cc2cccn2C1. The fraction of sp³-hybridized carbons (Fsp3) is 0.368.